The average Bonchev–Trinajstić information content (AvgIpc) is 2.22. The second-order valence-corrected chi connectivity index (χ2v) is 3.81. The van der Waals surface area contributed by atoms with Gasteiger partial charge in [-0.15, -0.1) is 0 Å². The van der Waals surface area contributed by atoms with Gasteiger partial charge in [0, 0.05) is 18.0 Å². The molecule has 15 heavy (non-hydrogen) atoms. The zero-order chi connectivity index (χ0) is 11.0. The molecule has 0 saturated heterocycles. The molecule has 1 aromatic carbocycles. The second kappa shape index (κ2) is 3.51. The zero-order valence-electron chi connectivity index (χ0n) is 8.92. The molecule has 0 saturated carbocycles. The van der Waals surface area contributed by atoms with Gasteiger partial charge >= 0.3 is 0 Å². The maximum atomic E-state index is 11.4. The highest BCUT2D eigenvalue weighted by Crippen LogP contribution is 2.22. The minimum Gasteiger partial charge on any atom is -0.326 e. The molecule has 3 heteroatoms. The Hall–Kier alpha value is -1.61. The molecule has 0 aliphatic heterocycles. The number of nitrogens with one attached hydrogen (secondary N) is 1. The second-order valence-electron chi connectivity index (χ2n) is 3.81. The number of hydrogen-bond acceptors (Lipinski definition) is 2. The Labute approximate surface area is 87.9 Å². The molecule has 3 N–H and O–H groups in total. The smallest absolute Gasteiger partial charge is 0.248 e. The Bertz CT molecular complexity index is 570. The van der Waals surface area contributed by atoms with Crippen molar-refractivity contribution < 1.29 is 0 Å². The van der Waals surface area contributed by atoms with Gasteiger partial charge in [-0.3, -0.25) is 4.79 Å². The van der Waals surface area contributed by atoms with Crippen LogP contribution in [0, 0.1) is 13.8 Å². The summed E-state index contributed by atoms with van der Waals surface area (Å²) >= 11 is 0. The van der Waals surface area contributed by atoms with Crippen molar-refractivity contribution in [2.24, 2.45) is 5.73 Å². The molecular formula is C12H14N2O. The summed E-state index contributed by atoms with van der Waals surface area (Å²) in [6.07, 6.45) is 0. The number of aryl methyl sites for hydroxylation is 2. The molecular weight excluding hydrogens is 188 g/mol. The lowest BCUT2D eigenvalue weighted by atomic mass is 10.0. The van der Waals surface area contributed by atoms with E-state index < -0.39 is 0 Å². The van der Waals surface area contributed by atoms with E-state index in [0.29, 0.717) is 6.54 Å². The fourth-order valence-electron chi connectivity index (χ4n) is 1.94. The molecule has 0 unspecified atom stereocenters. The summed E-state index contributed by atoms with van der Waals surface area (Å²) in [6, 6.07) is 5.64. The third-order valence-corrected chi connectivity index (χ3v) is 2.72. The van der Waals surface area contributed by atoms with Crippen molar-refractivity contribution >= 4 is 10.9 Å². The largest absolute Gasteiger partial charge is 0.326 e. The van der Waals surface area contributed by atoms with Crippen molar-refractivity contribution in [2.75, 3.05) is 0 Å². The summed E-state index contributed by atoms with van der Waals surface area (Å²) in [5.74, 6) is 0. The third kappa shape index (κ3) is 1.55. The lowest BCUT2D eigenvalue weighted by molar-refractivity contribution is 1.07. The van der Waals surface area contributed by atoms with Crippen molar-refractivity contribution in [2.45, 2.75) is 20.4 Å². The van der Waals surface area contributed by atoms with E-state index in [2.05, 4.69) is 11.1 Å². The van der Waals surface area contributed by atoms with Crippen LogP contribution in [0.25, 0.3) is 10.9 Å². The third-order valence-electron chi connectivity index (χ3n) is 2.72. The molecule has 1 heterocycles. The molecule has 2 rings (SSSR count). The fraction of sp³-hybridized carbons (Fsp3) is 0.250. The molecule has 0 radical (unpaired) electrons. The van der Waals surface area contributed by atoms with E-state index in [9.17, 15) is 4.79 Å². The highest BCUT2D eigenvalue weighted by atomic mass is 16.1. The van der Waals surface area contributed by atoms with Gasteiger partial charge in [0.25, 0.3) is 0 Å². The first-order valence-electron chi connectivity index (χ1n) is 4.95. The van der Waals surface area contributed by atoms with E-state index in [1.165, 1.54) is 0 Å². The monoisotopic (exact) mass is 202 g/mol. The molecule has 1 aromatic heterocycles. The van der Waals surface area contributed by atoms with Crippen LogP contribution in [0.2, 0.25) is 0 Å². The Morgan fingerprint density at radius 2 is 1.93 bits per heavy atom. The quantitative estimate of drug-likeness (QED) is 0.738. The summed E-state index contributed by atoms with van der Waals surface area (Å²) in [7, 11) is 0. The first kappa shape index (κ1) is 9.93. The van der Waals surface area contributed by atoms with Gasteiger partial charge in [0.1, 0.15) is 0 Å². The molecule has 0 aliphatic rings. The van der Waals surface area contributed by atoms with Crippen LogP contribution in [-0.4, -0.2) is 4.98 Å². The Kier molecular flexibility index (Phi) is 2.32. The molecule has 78 valence electrons. The highest BCUT2D eigenvalue weighted by molar-refractivity contribution is 5.87. The first-order chi connectivity index (χ1) is 7.13. The number of H-pyrrole nitrogens is 1. The van der Waals surface area contributed by atoms with Crippen LogP contribution in [-0.2, 0) is 6.54 Å². The Morgan fingerprint density at radius 1 is 1.27 bits per heavy atom. The molecule has 2 aromatic rings. The van der Waals surface area contributed by atoms with E-state index in [1.807, 2.05) is 19.9 Å². The molecule has 0 amide bonds. The summed E-state index contributed by atoms with van der Waals surface area (Å²) < 4.78 is 0. The van der Waals surface area contributed by atoms with Gasteiger partial charge in [0.05, 0.1) is 5.52 Å². The summed E-state index contributed by atoms with van der Waals surface area (Å²) in [6.45, 7) is 4.40. The number of fused-ring (bicyclic) bond motifs is 1. The molecule has 3 nitrogen and oxygen atoms in total. The fourth-order valence-corrected chi connectivity index (χ4v) is 1.94. The van der Waals surface area contributed by atoms with Crippen molar-refractivity contribution in [3.63, 3.8) is 0 Å². The number of rotatable bonds is 1. The van der Waals surface area contributed by atoms with E-state index in [4.69, 9.17) is 5.73 Å². The van der Waals surface area contributed by atoms with Crippen molar-refractivity contribution in [3.8, 4) is 0 Å². The molecule has 0 aliphatic carbocycles. The normalized spacial score (nSPS) is 10.9. The maximum Gasteiger partial charge on any atom is 0.248 e. The summed E-state index contributed by atoms with van der Waals surface area (Å²) in [4.78, 5) is 14.3. The van der Waals surface area contributed by atoms with Crippen LogP contribution >= 0.6 is 0 Å². The van der Waals surface area contributed by atoms with Crippen LogP contribution in [0.4, 0.5) is 0 Å². The number of aromatic amines is 1. The maximum absolute atomic E-state index is 11.4. The van der Waals surface area contributed by atoms with E-state index in [-0.39, 0.29) is 5.56 Å². The topological polar surface area (TPSA) is 58.9 Å². The summed E-state index contributed by atoms with van der Waals surface area (Å²) in [5, 5.41) is 1.08. The van der Waals surface area contributed by atoms with E-state index in [1.54, 1.807) is 6.07 Å². The van der Waals surface area contributed by atoms with Crippen LogP contribution in [0.5, 0.6) is 0 Å². The number of aromatic nitrogens is 1. The lowest BCUT2D eigenvalue weighted by Crippen LogP contribution is -2.10. The van der Waals surface area contributed by atoms with Gasteiger partial charge < -0.3 is 10.7 Å². The standard InChI is InChI=1S/C12H14N2O/c1-7-3-4-8(2)12-11(7)9(6-13)5-10(15)14-12/h3-5H,6,13H2,1-2H3,(H,14,15). The highest BCUT2D eigenvalue weighted by Gasteiger charge is 2.06. The minimum absolute atomic E-state index is 0.0864. The summed E-state index contributed by atoms with van der Waals surface area (Å²) in [5.41, 5.74) is 9.60. The van der Waals surface area contributed by atoms with Gasteiger partial charge in [-0.25, -0.2) is 0 Å². The number of benzene rings is 1. The van der Waals surface area contributed by atoms with Crippen LogP contribution in [0.1, 0.15) is 16.7 Å². The van der Waals surface area contributed by atoms with Gasteiger partial charge in [-0.1, -0.05) is 12.1 Å². The van der Waals surface area contributed by atoms with Crippen LogP contribution < -0.4 is 11.3 Å². The molecule has 0 atom stereocenters. The van der Waals surface area contributed by atoms with Gasteiger partial charge in [0.2, 0.25) is 5.56 Å². The van der Waals surface area contributed by atoms with Crippen LogP contribution in [0.15, 0.2) is 23.0 Å². The Morgan fingerprint density at radius 3 is 2.60 bits per heavy atom. The number of pyridine rings is 1. The Balaban J connectivity index is 3.01. The van der Waals surface area contributed by atoms with Crippen molar-refractivity contribution in [1.82, 2.24) is 4.98 Å². The molecule has 0 fully saturated rings. The first-order valence-corrected chi connectivity index (χ1v) is 4.95. The van der Waals surface area contributed by atoms with Gasteiger partial charge in [-0.05, 0) is 30.5 Å². The average molecular weight is 202 g/mol. The SMILES string of the molecule is Cc1ccc(C)c2c(CN)cc(=O)[nH]c12. The molecule has 0 spiro atoms. The van der Waals surface area contributed by atoms with Gasteiger partial charge in [-0.2, -0.15) is 0 Å². The minimum atomic E-state index is -0.0864. The van der Waals surface area contributed by atoms with Crippen molar-refractivity contribution in [3.05, 3.63) is 45.2 Å². The van der Waals surface area contributed by atoms with Crippen LogP contribution in [0.3, 0.4) is 0 Å². The van der Waals surface area contributed by atoms with Gasteiger partial charge in [0.15, 0.2) is 0 Å². The van der Waals surface area contributed by atoms with E-state index in [0.717, 1.165) is 27.6 Å². The molecule has 0 bridgehead atoms. The predicted octanol–water partition coefficient (Wildman–Crippen LogP) is 1.60. The zero-order valence-corrected chi connectivity index (χ0v) is 8.92. The van der Waals surface area contributed by atoms with Crippen molar-refractivity contribution in [1.29, 1.82) is 0 Å². The predicted molar refractivity (Wildman–Crippen MR) is 61.9 cm³/mol. The number of hydrogen-bond donors (Lipinski definition) is 2. The lowest BCUT2D eigenvalue weighted by Gasteiger charge is -2.09. The van der Waals surface area contributed by atoms with E-state index >= 15 is 0 Å². The number of nitrogens with two attached hydrogens (primary N) is 1.